The van der Waals surface area contributed by atoms with E-state index in [4.69, 9.17) is 15.0 Å². The van der Waals surface area contributed by atoms with E-state index in [1.807, 2.05) is 87.6 Å². The Bertz CT molecular complexity index is 3730. The van der Waals surface area contributed by atoms with Crippen molar-refractivity contribution >= 4 is 105 Å². The highest BCUT2D eigenvalue weighted by atomic mass is 79.9. The topological polar surface area (TPSA) is 240 Å². The van der Waals surface area contributed by atoms with Gasteiger partial charge in [-0.15, -0.1) is 0 Å². The third kappa shape index (κ3) is 17.2. The highest BCUT2D eigenvalue weighted by Gasteiger charge is 2.31. The molecule has 4 fully saturated rings. The summed E-state index contributed by atoms with van der Waals surface area (Å²) in [6, 6.07) is 22.9. The Morgan fingerprint density at radius 1 is 0.589 bits per heavy atom. The van der Waals surface area contributed by atoms with Crippen LogP contribution in [0.4, 0.5) is 34.8 Å². The third-order valence-electron chi connectivity index (χ3n) is 16.9. The molecule has 4 atom stereocenters. The van der Waals surface area contributed by atoms with Gasteiger partial charge in [0.15, 0.2) is 29.3 Å². The van der Waals surface area contributed by atoms with Crippen molar-refractivity contribution in [2.45, 2.75) is 144 Å². The van der Waals surface area contributed by atoms with Gasteiger partial charge in [-0.3, -0.25) is 9.78 Å². The van der Waals surface area contributed by atoms with Crippen molar-refractivity contribution < 1.29 is 24.7 Å². The highest BCUT2D eigenvalue weighted by Crippen LogP contribution is 2.35. The lowest BCUT2D eigenvalue weighted by Crippen LogP contribution is -2.40. The fraction of sp³-hybridized carbons (Fsp3) is 0.470. The van der Waals surface area contributed by atoms with Crippen molar-refractivity contribution in [1.29, 1.82) is 0 Å². The van der Waals surface area contributed by atoms with Crippen LogP contribution in [0.15, 0.2) is 124 Å². The van der Waals surface area contributed by atoms with Gasteiger partial charge in [0.2, 0.25) is 5.91 Å². The maximum absolute atomic E-state index is 12.0. The molecule has 21 nitrogen and oxygen atoms in total. The molecule has 8 aromatic heterocycles. The quantitative estimate of drug-likeness (QED) is 0.0351. The number of benzene rings is 1. The number of pyridine rings is 2. The molecule has 2 saturated carbocycles. The van der Waals surface area contributed by atoms with E-state index in [0.717, 1.165) is 159 Å². The van der Waals surface area contributed by atoms with Gasteiger partial charge in [-0.1, -0.05) is 53.3 Å². The zero-order valence-corrected chi connectivity index (χ0v) is 53.8. The number of hydrogen-bond donors (Lipinski definition) is 7. The highest BCUT2D eigenvalue weighted by molar-refractivity contribution is 9.11. The van der Waals surface area contributed by atoms with E-state index in [2.05, 4.69) is 117 Å². The predicted octanol–water partition coefficient (Wildman–Crippen LogP) is 12.2. The van der Waals surface area contributed by atoms with E-state index >= 15 is 0 Å². The van der Waals surface area contributed by atoms with Crippen molar-refractivity contribution in [3.63, 3.8) is 0 Å². The van der Waals surface area contributed by atoms with Gasteiger partial charge < -0.3 is 46.4 Å². The lowest BCUT2D eigenvalue weighted by atomic mass is 9.77. The van der Waals surface area contributed by atoms with Crippen LogP contribution < -0.4 is 35.6 Å². The number of nitrogens with zero attached hydrogens (tertiary/aromatic N) is 13. The van der Waals surface area contributed by atoms with Crippen molar-refractivity contribution in [2.24, 2.45) is 24.8 Å². The monoisotopic (exact) mass is 1420 g/mol. The van der Waals surface area contributed by atoms with Gasteiger partial charge >= 0.3 is 0 Å². The first kappa shape index (κ1) is 69.1. The van der Waals surface area contributed by atoms with Crippen LogP contribution in [0.25, 0.3) is 16.9 Å². The summed E-state index contributed by atoms with van der Waals surface area (Å²) in [5, 5.41) is 55.5. The number of carbonyl (C=O) groups is 1. The van der Waals surface area contributed by atoms with Gasteiger partial charge in [-0.2, -0.15) is 28.8 Å². The molecular formula is C66H89Br3N17O4+. The third-order valence-corrected chi connectivity index (χ3v) is 18.6. The number of aryl methyl sites for hydroxylation is 1. The van der Waals surface area contributed by atoms with Gasteiger partial charge in [0.05, 0.1) is 32.0 Å². The normalized spacial score (nSPS) is 17.9. The molecule has 90 heavy (non-hydrogen) atoms. The number of aromatic nitrogens is 11. The fourth-order valence-electron chi connectivity index (χ4n) is 12.1. The maximum Gasteiger partial charge on any atom is 0.227 e. The zero-order valence-electron chi connectivity index (χ0n) is 49.0. The van der Waals surface area contributed by atoms with Crippen LogP contribution in [0.3, 0.4) is 0 Å². The van der Waals surface area contributed by atoms with Crippen LogP contribution in [0.1, 0.15) is 128 Å². The molecule has 2 aliphatic carbocycles. The lowest BCUT2D eigenvalue weighted by Gasteiger charge is -2.36. The van der Waals surface area contributed by atoms with E-state index in [1.165, 1.54) is 31.2 Å². The molecule has 1 aromatic carbocycles. The van der Waals surface area contributed by atoms with Crippen LogP contribution in [0.5, 0.6) is 0 Å². The van der Waals surface area contributed by atoms with E-state index in [-0.39, 0.29) is 53.9 Å². The molecule has 10 heterocycles. The number of halogens is 3. The largest absolute Gasteiger partial charge is 0.396 e. The van der Waals surface area contributed by atoms with Crippen molar-refractivity contribution in [2.75, 3.05) is 64.0 Å². The molecule has 482 valence electrons. The van der Waals surface area contributed by atoms with Gasteiger partial charge in [-0.05, 0) is 172 Å². The van der Waals surface area contributed by atoms with Crippen LogP contribution in [0, 0.1) is 17.8 Å². The van der Waals surface area contributed by atoms with E-state index in [0.29, 0.717) is 43.6 Å². The number of fused-ring (bicyclic) bond motifs is 3. The Kier molecular flexibility index (Phi) is 25.3. The number of hydrogen-bond acceptors (Lipinski definition) is 16. The first-order chi connectivity index (χ1) is 42.5. The molecule has 4 aliphatic rings. The van der Waals surface area contributed by atoms with E-state index < -0.39 is 0 Å². The minimum Gasteiger partial charge on any atom is -0.396 e. The Balaban J connectivity index is 0.000000173. The first-order valence-corrected chi connectivity index (χ1v) is 32.8. The molecule has 2 saturated heterocycles. The van der Waals surface area contributed by atoms with Gasteiger partial charge in [0.25, 0.3) is 0 Å². The maximum atomic E-state index is 12.0. The summed E-state index contributed by atoms with van der Waals surface area (Å²) in [4.78, 5) is 35.3. The average Bonchev–Trinajstić information content (AvgIpc) is 1.60. The Morgan fingerprint density at radius 2 is 1.11 bits per heavy atom. The van der Waals surface area contributed by atoms with Gasteiger partial charge in [-0.25, -0.2) is 19.5 Å². The number of rotatable bonds is 20. The van der Waals surface area contributed by atoms with Crippen molar-refractivity contribution in [3.8, 4) is 0 Å². The molecule has 1 amide bonds. The standard InChI is InChI=1S/C24H29BrN6O2.C21H27BrN5O.C18H21BrN6O.3CH4/c25-20-15-27-31-21(13-22(29-23(20)31)30-11-2-1-3-19(30)10-12-32)26-14-16-4-8-18(9-5-16)28-24(33)17-6-7-17;1-26-8-4-5-15(13-26)11-23-20-10-18(25-21-19(22)12-24-27(20)21)9-16-6-2-3-7-17(16)14-28;19-15-12-22-25-16(21-11-13-3-1-6-20-10-13)9-17(23-18(15)25)24-7-2-4-14(24)5-8-26;;;/h4-5,8-9,13,15,17,19,26,32H,1-3,6-7,10-12,14H2,(H,28,33);4-5,8,10,12-13,16-17,23,28H,2-3,6-7,9,11,14H2,1H3;1,3,6,9-10,12,14,21,26H,2,4-5,7-8,11H2;3*1H4/q;+1;;;;/t19-;16-,17+;14-;;;/m000.../s1. The van der Waals surface area contributed by atoms with Crippen molar-refractivity contribution in [1.82, 2.24) is 48.8 Å². The lowest BCUT2D eigenvalue weighted by molar-refractivity contribution is -0.671. The minimum absolute atomic E-state index is 0. The molecule has 2 aliphatic heterocycles. The van der Waals surface area contributed by atoms with Gasteiger partial charge in [0.1, 0.15) is 36.1 Å². The number of piperidine rings is 1. The number of nitrogens with one attached hydrogen (secondary N) is 4. The Hall–Kier alpha value is -6.83. The summed E-state index contributed by atoms with van der Waals surface area (Å²) < 4.78 is 10.1. The van der Waals surface area contributed by atoms with E-state index in [1.54, 1.807) is 29.3 Å². The molecule has 24 heteroatoms. The second-order valence-corrected chi connectivity index (χ2v) is 25.7. The minimum atomic E-state index is 0. The van der Waals surface area contributed by atoms with Crippen LogP contribution in [-0.4, -0.2) is 115 Å². The second kappa shape index (κ2) is 33.0. The summed E-state index contributed by atoms with van der Waals surface area (Å²) in [5.41, 5.74) is 7.68. The van der Waals surface area contributed by atoms with Crippen LogP contribution >= 0.6 is 47.8 Å². The Morgan fingerprint density at radius 3 is 1.67 bits per heavy atom. The number of anilines is 6. The molecule has 0 bridgehead atoms. The zero-order chi connectivity index (χ0) is 60.2. The van der Waals surface area contributed by atoms with Crippen LogP contribution in [-0.2, 0) is 37.9 Å². The molecular weight excluding hydrogens is 1330 g/mol. The number of aliphatic hydroxyl groups excluding tert-OH is 3. The summed E-state index contributed by atoms with van der Waals surface area (Å²) in [5.74, 6) is 5.71. The molecule has 0 unspecified atom stereocenters. The van der Waals surface area contributed by atoms with E-state index in [9.17, 15) is 20.1 Å². The average molecular weight is 1420 g/mol. The summed E-state index contributed by atoms with van der Waals surface area (Å²) in [6.45, 7) is 4.55. The summed E-state index contributed by atoms with van der Waals surface area (Å²) >= 11 is 10.7. The molecule has 0 spiro atoms. The fourth-order valence-corrected chi connectivity index (χ4v) is 13.2. The molecule has 0 radical (unpaired) electrons. The Labute approximate surface area is 553 Å². The summed E-state index contributed by atoms with van der Waals surface area (Å²) in [7, 11) is 2.03. The van der Waals surface area contributed by atoms with Crippen molar-refractivity contribution in [3.05, 3.63) is 146 Å². The summed E-state index contributed by atoms with van der Waals surface area (Å²) in [6.07, 6.45) is 27.8. The molecule has 9 aromatic rings. The number of amides is 1. The first-order valence-electron chi connectivity index (χ1n) is 30.4. The molecule has 7 N–H and O–H groups in total. The molecule has 13 rings (SSSR count). The second-order valence-electron chi connectivity index (χ2n) is 23.1. The predicted molar refractivity (Wildman–Crippen MR) is 369 cm³/mol. The number of aliphatic hydroxyl groups is 3. The SMILES string of the molecule is C.C.C.C[n+]1cccc(CNc2cc(C[C@@H]3CCCC[C@@H]3CO)nc3c(Br)cnn23)c1.O=C(Nc1ccc(CNc2cc(N3CCCC[C@H]3CCO)nc3c(Br)cnn23)cc1)C1CC1.OCC[C@@H]1CCCN1c1cc(NCc2cccnc2)n2ncc(Br)c2n1. The smallest absolute Gasteiger partial charge is 0.227 e. The van der Waals surface area contributed by atoms with Gasteiger partial charge in [0, 0.05) is 124 Å². The number of carbonyl (C=O) groups excluding carboxylic acids is 1. The van der Waals surface area contributed by atoms with Crippen LogP contribution in [0.2, 0.25) is 0 Å².